The lowest BCUT2D eigenvalue weighted by Crippen LogP contribution is -2.56. The van der Waals surface area contributed by atoms with Gasteiger partial charge < -0.3 is 19.9 Å². The topological polar surface area (TPSA) is 146 Å². The van der Waals surface area contributed by atoms with Gasteiger partial charge in [-0.15, -0.1) is 0 Å². The first kappa shape index (κ1) is 26.4. The summed E-state index contributed by atoms with van der Waals surface area (Å²) in [4.78, 5) is 30.4. The number of hydrogen-bond acceptors (Lipinski definition) is 8. The number of aromatic nitrogens is 2. The van der Waals surface area contributed by atoms with Gasteiger partial charge in [-0.05, 0) is 55.5 Å². The van der Waals surface area contributed by atoms with Crippen LogP contribution in [0.4, 0.5) is 0 Å². The van der Waals surface area contributed by atoms with Crippen molar-refractivity contribution in [2.75, 3.05) is 19.7 Å². The minimum Gasteiger partial charge on any atom is -0.474 e. The number of hydrogen-bond donors (Lipinski definition) is 2. The molecule has 2 bridgehead atoms. The number of benzene rings is 1. The molecule has 1 saturated carbocycles. The summed E-state index contributed by atoms with van der Waals surface area (Å²) in [5.74, 6) is -0.373. The summed E-state index contributed by atoms with van der Waals surface area (Å²) < 4.78 is 35.2. The van der Waals surface area contributed by atoms with Crippen LogP contribution in [-0.2, 0) is 23.6 Å². The monoisotopic (exact) mass is 562 g/mol. The predicted octanol–water partition coefficient (Wildman–Crippen LogP) is 1.41. The Hall–Kier alpha value is -3.79. The van der Waals surface area contributed by atoms with Gasteiger partial charge >= 0.3 is 0 Å². The van der Waals surface area contributed by atoms with Crippen LogP contribution in [0, 0.1) is 11.3 Å². The molecule has 2 N–H and O–H groups in total. The lowest BCUT2D eigenvalue weighted by molar-refractivity contribution is 0.0949. The number of nitrogens with one attached hydrogen (secondary N) is 2. The molecule has 4 heterocycles. The molecule has 208 valence electrons. The molecule has 11 nitrogen and oxygen atoms in total. The lowest BCUT2D eigenvalue weighted by Gasteiger charge is -2.34. The maximum atomic E-state index is 13.6. The predicted molar refractivity (Wildman–Crippen MR) is 147 cm³/mol. The summed E-state index contributed by atoms with van der Waals surface area (Å²) in [6.45, 7) is 1.11. The Morgan fingerprint density at radius 1 is 1.20 bits per heavy atom. The van der Waals surface area contributed by atoms with Crippen LogP contribution in [-0.4, -0.2) is 64.7 Å². The van der Waals surface area contributed by atoms with E-state index in [0.717, 1.165) is 18.4 Å². The summed E-state index contributed by atoms with van der Waals surface area (Å²) in [6.07, 6.45) is 4.53. The van der Waals surface area contributed by atoms with E-state index in [1.807, 2.05) is 6.07 Å². The SMILES string of the molecule is Cn1c(=O)c(C(=O)NCc2ccc(C#N)cc2)cc2ccnc(OCC3(S(=O)(=O)N4CC5CCC(C4)N5)CC3)c21. The van der Waals surface area contributed by atoms with Crippen molar-refractivity contribution in [1.29, 1.82) is 5.26 Å². The quantitative estimate of drug-likeness (QED) is 0.419. The second-order valence-electron chi connectivity index (χ2n) is 10.9. The highest BCUT2D eigenvalue weighted by Gasteiger charge is 2.59. The molecule has 2 unspecified atom stereocenters. The third-order valence-electron chi connectivity index (χ3n) is 8.22. The number of piperazine rings is 1. The lowest BCUT2D eigenvalue weighted by atomic mass is 10.1. The van der Waals surface area contributed by atoms with Crippen molar-refractivity contribution < 1.29 is 17.9 Å². The number of carbonyl (C=O) groups excluding carboxylic acids is 1. The fraction of sp³-hybridized carbons (Fsp3) is 0.429. The molecule has 0 spiro atoms. The Kier molecular flexibility index (Phi) is 6.60. The molecule has 2 atom stereocenters. The Morgan fingerprint density at radius 3 is 2.55 bits per heavy atom. The van der Waals surface area contributed by atoms with Crippen LogP contribution in [0.5, 0.6) is 5.88 Å². The van der Waals surface area contributed by atoms with Gasteiger partial charge in [-0.2, -0.15) is 9.57 Å². The van der Waals surface area contributed by atoms with Gasteiger partial charge in [-0.1, -0.05) is 12.1 Å². The Bertz CT molecular complexity index is 1680. The van der Waals surface area contributed by atoms with Gasteiger partial charge in [0.1, 0.15) is 22.4 Å². The van der Waals surface area contributed by atoms with Crippen LogP contribution >= 0.6 is 0 Å². The molecule has 1 aromatic carbocycles. The zero-order chi connectivity index (χ0) is 28.1. The van der Waals surface area contributed by atoms with Crippen LogP contribution in [0.15, 0.2) is 47.4 Å². The summed E-state index contributed by atoms with van der Waals surface area (Å²) in [7, 11) is -2.03. The highest BCUT2D eigenvalue weighted by molar-refractivity contribution is 7.90. The summed E-state index contributed by atoms with van der Waals surface area (Å²) >= 11 is 0. The Balaban J connectivity index is 1.20. The molecular formula is C28H30N6O5S. The van der Waals surface area contributed by atoms with Gasteiger partial charge in [0.05, 0.1) is 11.6 Å². The molecule has 2 aromatic heterocycles. The van der Waals surface area contributed by atoms with Gasteiger partial charge in [0.15, 0.2) is 0 Å². The van der Waals surface area contributed by atoms with Crippen molar-refractivity contribution in [2.24, 2.45) is 7.05 Å². The minimum atomic E-state index is -3.57. The van der Waals surface area contributed by atoms with Gasteiger partial charge in [0, 0.05) is 50.3 Å². The molecule has 6 rings (SSSR count). The van der Waals surface area contributed by atoms with Gasteiger partial charge in [0.2, 0.25) is 15.9 Å². The number of ether oxygens (including phenoxy) is 1. The molecular weight excluding hydrogens is 532 g/mol. The highest BCUT2D eigenvalue weighted by atomic mass is 32.2. The molecule has 40 heavy (non-hydrogen) atoms. The van der Waals surface area contributed by atoms with E-state index in [1.54, 1.807) is 34.6 Å². The molecule has 2 aliphatic heterocycles. The minimum absolute atomic E-state index is 0.0321. The van der Waals surface area contributed by atoms with E-state index < -0.39 is 26.2 Å². The summed E-state index contributed by atoms with van der Waals surface area (Å²) in [5, 5.41) is 15.7. The second kappa shape index (κ2) is 9.99. The number of nitriles is 1. The van der Waals surface area contributed by atoms with Crippen molar-refractivity contribution in [3.05, 3.63) is 69.6 Å². The average Bonchev–Trinajstić information content (AvgIpc) is 3.70. The van der Waals surface area contributed by atoms with Crippen molar-refractivity contribution in [3.8, 4) is 11.9 Å². The van der Waals surface area contributed by atoms with E-state index in [4.69, 9.17) is 10.00 Å². The molecule has 12 heteroatoms. The number of fused-ring (bicyclic) bond motifs is 3. The van der Waals surface area contributed by atoms with Crippen molar-refractivity contribution >= 4 is 26.8 Å². The fourth-order valence-corrected chi connectivity index (χ4v) is 7.81. The molecule has 1 aliphatic carbocycles. The Labute approximate surface area is 231 Å². The van der Waals surface area contributed by atoms with Crippen LogP contribution in [0.25, 0.3) is 10.9 Å². The van der Waals surface area contributed by atoms with Crippen LogP contribution < -0.4 is 20.9 Å². The normalized spacial score (nSPS) is 21.6. The van der Waals surface area contributed by atoms with E-state index >= 15 is 0 Å². The second-order valence-corrected chi connectivity index (χ2v) is 13.2. The van der Waals surface area contributed by atoms with Gasteiger partial charge in [-0.3, -0.25) is 9.59 Å². The maximum absolute atomic E-state index is 13.6. The van der Waals surface area contributed by atoms with Crippen molar-refractivity contribution in [2.45, 2.75) is 49.1 Å². The first-order valence-corrected chi connectivity index (χ1v) is 14.8. The van der Waals surface area contributed by atoms with E-state index in [0.29, 0.717) is 42.4 Å². The number of pyridine rings is 2. The molecule has 3 aliphatic rings. The summed E-state index contributed by atoms with van der Waals surface area (Å²) in [5.41, 5.74) is 1.15. The van der Waals surface area contributed by atoms with Crippen LogP contribution in [0.3, 0.4) is 0 Å². The number of amides is 1. The van der Waals surface area contributed by atoms with Crippen LogP contribution in [0.2, 0.25) is 0 Å². The molecule has 0 radical (unpaired) electrons. The van der Waals surface area contributed by atoms with E-state index in [1.165, 1.54) is 23.9 Å². The number of sulfonamides is 1. The Morgan fingerprint density at radius 2 is 1.90 bits per heavy atom. The zero-order valence-electron chi connectivity index (χ0n) is 22.1. The van der Waals surface area contributed by atoms with E-state index in [9.17, 15) is 18.0 Å². The highest BCUT2D eigenvalue weighted by Crippen LogP contribution is 2.46. The molecule has 3 aromatic rings. The van der Waals surface area contributed by atoms with E-state index in [-0.39, 0.29) is 36.7 Å². The first-order valence-electron chi connectivity index (χ1n) is 13.4. The first-order chi connectivity index (χ1) is 19.2. The third kappa shape index (κ3) is 4.64. The smallest absolute Gasteiger partial charge is 0.263 e. The van der Waals surface area contributed by atoms with E-state index in [2.05, 4.69) is 15.6 Å². The molecule has 2 saturated heterocycles. The maximum Gasteiger partial charge on any atom is 0.263 e. The standard InChI is InChI=1S/C28H30N6O5S/c1-33-24-20(12-23(27(33)36)25(35)31-14-19-4-2-18(13-29)3-5-19)8-11-30-26(24)39-17-28(9-10-28)40(37,38)34-15-21-6-7-22(16-34)32-21/h2-5,8,11-12,21-22,32H,6-7,9-10,14-17H2,1H3,(H,31,35). The van der Waals surface area contributed by atoms with Crippen molar-refractivity contribution in [3.63, 3.8) is 0 Å². The number of rotatable bonds is 8. The molecule has 1 amide bonds. The molecule has 3 fully saturated rings. The number of aryl methyl sites for hydroxylation is 1. The third-order valence-corrected chi connectivity index (χ3v) is 10.8. The summed E-state index contributed by atoms with van der Waals surface area (Å²) in [6, 6.07) is 12.4. The van der Waals surface area contributed by atoms with Gasteiger partial charge in [0.25, 0.3) is 11.5 Å². The number of nitrogens with zero attached hydrogens (tertiary/aromatic N) is 4. The zero-order valence-corrected chi connectivity index (χ0v) is 22.9. The van der Waals surface area contributed by atoms with Crippen LogP contribution in [0.1, 0.15) is 47.2 Å². The average molecular weight is 563 g/mol. The van der Waals surface area contributed by atoms with Gasteiger partial charge in [-0.25, -0.2) is 13.4 Å². The fourth-order valence-electron chi connectivity index (χ4n) is 5.69. The van der Waals surface area contributed by atoms with Crippen molar-refractivity contribution in [1.82, 2.24) is 24.5 Å². The number of carbonyl (C=O) groups is 1. The largest absolute Gasteiger partial charge is 0.474 e.